The van der Waals surface area contributed by atoms with Crippen LogP contribution < -0.4 is 10.6 Å². The summed E-state index contributed by atoms with van der Waals surface area (Å²) in [5.41, 5.74) is 0.283. The summed E-state index contributed by atoms with van der Waals surface area (Å²) < 4.78 is 0. The van der Waals surface area contributed by atoms with Gasteiger partial charge in [-0.1, -0.05) is 30.7 Å². The number of benzene rings is 1. The second-order valence-electron chi connectivity index (χ2n) is 5.85. The molecule has 130 valence electrons. The van der Waals surface area contributed by atoms with Crippen molar-refractivity contribution in [1.29, 1.82) is 0 Å². The van der Waals surface area contributed by atoms with Crippen LogP contribution in [0, 0.1) is 0 Å². The average molecular weight is 368 g/mol. The topological polar surface area (TPSA) is 74.2 Å². The molecular weight excluding hydrogens is 346 g/mol. The molecule has 0 bridgehead atoms. The highest BCUT2D eigenvalue weighted by molar-refractivity contribution is 7.09. The molecule has 1 aromatic carbocycles. The van der Waals surface area contributed by atoms with Crippen LogP contribution in [0.5, 0.6) is 0 Å². The Labute approximate surface area is 151 Å². The maximum atomic E-state index is 12.1. The van der Waals surface area contributed by atoms with Crippen molar-refractivity contribution in [3.05, 3.63) is 50.9 Å². The van der Waals surface area contributed by atoms with E-state index in [9.17, 15) is 9.90 Å². The third kappa shape index (κ3) is 4.93. The first-order valence-electron chi connectivity index (χ1n) is 7.79. The largest absolute Gasteiger partial charge is 0.384 e. The van der Waals surface area contributed by atoms with E-state index in [1.165, 1.54) is 0 Å². The van der Waals surface area contributed by atoms with Crippen molar-refractivity contribution in [3.63, 3.8) is 0 Å². The number of aromatic nitrogens is 1. The molecule has 0 aliphatic heterocycles. The lowest BCUT2D eigenvalue weighted by Crippen LogP contribution is -2.44. The van der Waals surface area contributed by atoms with Crippen molar-refractivity contribution in [2.45, 2.75) is 38.8 Å². The zero-order valence-electron chi connectivity index (χ0n) is 14.0. The van der Waals surface area contributed by atoms with Crippen LogP contribution in [0.1, 0.15) is 43.1 Å². The number of nitrogens with one attached hydrogen (secondary N) is 2. The summed E-state index contributed by atoms with van der Waals surface area (Å²) in [5.74, 6) is 0. The summed E-state index contributed by atoms with van der Waals surface area (Å²) in [6.45, 7) is 5.63. The maximum Gasteiger partial charge on any atom is 0.315 e. The average Bonchev–Trinajstić information content (AvgIpc) is 3.02. The fourth-order valence-electron chi connectivity index (χ4n) is 2.19. The number of aliphatic hydroxyl groups is 1. The Morgan fingerprint density at radius 3 is 2.88 bits per heavy atom. The molecule has 2 amide bonds. The zero-order valence-corrected chi connectivity index (χ0v) is 15.5. The first-order chi connectivity index (χ1) is 11.3. The molecule has 2 rings (SSSR count). The molecule has 3 N–H and O–H groups in total. The van der Waals surface area contributed by atoms with Crippen LogP contribution >= 0.6 is 22.9 Å². The molecule has 24 heavy (non-hydrogen) atoms. The number of nitrogens with zero attached hydrogens (tertiary/aromatic N) is 1. The summed E-state index contributed by atoms with van der Waals surface area (Å²) in [5, 5.41) is 19.6. The Morgan fingerprint density at radius 1 is 1.50 bits per heavy atom. The lowest BCUT2D eigenvalue weighted by atomic mass is 9.96. The number of rotatable bonds is 6. The lowest BCUT2D eigenvalue weighted by Gasteiger charge is -2.25. The van der Waals surface area contributed by atoms with E-state index in [1.807, 2.05) is 19.2 Å². The van der Waals surface area contributed by atoms with E-state index in [2.05, 4.69) is 15.6 Å². The van der Waals surface area contributed by atoms with Gasteiger partial charge in [0.25, 0.3) is 0 Å². The Bertz CT molecular complexity index is 703. The van der Waals surface area contributed by atoms with Crippen molar-refractivity contribution in [3.8, 4) is 0 Å². The molecule has 0 spiro atoms. The van der Waals surface area contributed by atoms with E-state index in [4.69, 9.17) is 11.6 Å². The smallest absolute Gasteiger partial charge is 0.315 e. The van der Waals surface area contributed by atoms with Crippen molar-refractivity contribution in [2.75, 3.05) is 6.54 Å². The van der Waals surface area contributed by atoms with E-state index in [1.54, 1.807) is 42.5 Å². The van der Waals surface area contributed by atoms with Gasteiger partial charge >= 0.3 is 6.03 Å². The number of hydrogen-bond donors (Lipinski definition) is 3. The maximum absolute atomic E-state index is 12.1. The molecule has 2 atom stereocenters. The Balaban J connectivity index is 1.90. The van der Waals surface area contributed by atoms with Crippen LogP contribution in [-0.2, 0) is 12.0 Å². The summed E-state index contributed by atoms with van der Waals surface area (Å²) in [6.07, 6.45) is 0.881. The van der Waals surface area contributed by atoms with Gasteiger partial charge in [-0.3, -0.25) is 0 Å². The Morgan fingerprint density at radius 2 is 2.25 bits per heavy atom. The normalized spacial score (nSPS) is 14.7. The van der Waals surface area contributed by atoms with Crippen molar-refractivity contribution >= 4 is 29.0 Å². The molecule has 0 aliphatic carbocycles. The van der Waals surface area contributed by atoms with Crippen LogP contribution in [0.15, 0.2) is 29.6 Å². The minimum absolute atomic E-state index is 0.0726. The third-order valence-electron chi connectivity index (χ3n) is 3.70. The summed E-state index contributed by atoms with van der Waals surface area (Å²) in [4.78, 5) is 16.5. The molecule has 1 heterocycles. The first-order valence-corrected chi connectivity index (χ1v) is 9.04. The zero-order chi connectivity index (χ0) is 17.7. The van der Waals surface area contributed by atoms with Crippen LogP contribution in [0.4, 0.5) is 4.79 Å². The monoisotopic (exact) mass is 367 g/mol. The molecule has 5 nitrogen and oxygen atoms in total. The van der Waals surface area contributed by atoms with E-state index in [-0.39, 0.29) is 18.6 Å². The Hall–Kier alpha value is -1.63. The van der Waals surface area contributed by atoms with Gasteiger partial charge in [0, 0.05) is 10.4 Å². The molecule has 0 saturated heterocycles. The SMILES string of the molecule is CCc1nc(C(C)NC(=O)NCC(C)(O)c2cccc(Cl)c2)cs1. The highest BCUT2D eigenvalue weighted by atomic mass is 35.5. The van der Waals surface area contributed by atoms with Gasteiger partial charge in [0.05, 0.1) is 23.3 Å². The van der Waals surface area contributed by atoms with Gasteiger partial charge in [0.15, 0.2) is 0 Å². The number of carbonyl (C=O) groups excluding carboxylic acids is 1. The lowest BCUT2D eigenvalue weighted by molar-refractivity contribution is 0.0593. The van der Waals surface area contributed by atoms with Crippen molar-refractivity contribution in [2.24, 2.45) is 0 Å². The molecule has 0 fully saturated rings. The second-order valence-corrected chi connectivity index (χ2v) is 7.23. The highest BCUT2D eigenvalue weighted by Gasteiger charge is 2.24. The van der Waals surface area contributed by atoms with Gasteiger partial charge in [-0.15, -0.1) is 11.3 Å². The van der Waals surface area contributed by atoms with Gasteiger partial charge in [0.2, 0.25) is 0 Å². The standard InChI is InChI=1S/C17H22ClN3O2S/c1-4-15-21-14(9-24-15)11(2)20-16(22)19-10-17(3,23)12-6-5-7-13(18)8-12/h5-9,11,23H,4,10H2,1-3H3,(H2,19,20,22). The number of thiazole rings is 1. The van der Waals surface area contributed by atoms with Gasteiger partial charge in [0.1, 0.15) is 5.60 Å². The molecule has 2 aromatic rings. The molecule has 0 saturated carbocycles. The second kappa shape index (κ2) is 7.96. The van der Waals surface area contributed by atoms with Crippen LogP contribution in [0.3, 0.4) is 0 Å². The summed E-state index contributed by atoms with van der Waals surface area (Å²) in [6, 6.07) is 6.41. The van der Waals surface area contributed by atoms with E-state index in [0.29, 0.717) is 10.6 Å². The van der Waals surface area contributed by atoms with Gasteiger partial charge in [-0.05, 0) is 38.0 Å². The van der Waals surface area contributed by atoms with Gasteiger partial charge < -0.3 is 15.7 Å². The van der Waals surface area contributed by atoms with E-state index >= 15 is 0 Å². The number of carbonyl (C=O) groups is 1. The number of amides is 2. The van der Waals surface area contributed by atoms with Crippen molar-refractivity contribution in [1.82, 2.24) is 15.6 Å². The fraction of sp³-hybridized carbons (Fsp3) is 0.412. The predicted octanol–water partition coefficient (Wildman–Crippen LogP) is 3.63. The number of urea groups is 1. The van der Waals surface area contributed by atoms with Crippen LogP contribution in [-0.4, -0.2) is 22.7 Å². The number of aryl methyl sites for hydroxylation is 1. The van der Waals surface area contributed by atoms with Crippen molar-refractivity contribution < 1.29 is 9.90 Å². The molecule has 1 aromatic heterocycles. The van der Waals surface area contributed by atoms with Crippen LogP contribution in [0.25, 0.3) is 0 Å². The molecule has 7 heteroatoms. The van der Waals surface area contributed by atoms with E-state index in [0.717, 1.165) is 17.1 Å². The molecule has 0 aliphatic rings. The summed E-state index contributed by atoms with van der Waals surface area (Å²) >= 11 is 7.53. The minimum Gasteiger partial charge on any atom is -0.384 e. The number of hydrogen-bond acceptors (Lipinski definition) is 4. The number of halogens is 1. The molecular formula is C17H22ClN3O2S. The third-order valence-corrected chi connectivity index (χ3v) is 4.95. The van der Waals surface area contributed by atoms with Crippen LogP contribution in [0.2, 0.25) is 5.02 Å². The van der Waals surface area contributed by atoms with Gasteiger partial charge in [-0.2, -0.15) is 0 Å². The quantitative estimate of drug-likeness (QED) is 0.729. The fourth-order valence-corrected chi connectivity index (χ4v) is 3.21. The molecule has 2 unspecified atom stereocenters. The van der Waals surface area contributed by atoms with Gasteiger partial charge in [-0.25, -0.2) is 9.78 Å². The first kappa shape index (κ1) is 18.7. The van der Waals surface area contributed by atoms with E-state index < -0.39 is 5.60 Å². The molecule has 0 radical (unpaired) electrons. The summed E-state index contributed by atoms with van der Waals surface area (Å²) in [7, 11) is 0. The predicted molar refractivity (Wildman–Crippen MR) is 97.5 cm³/mol. The highest BCUT2D eigenvalue weighted by Crippen LogP contribution is 2.23. The Kier molecular flexibility index (Phi) is 6.21. The minimum atomic E-state index is -1.21.